The Balaban J connectivity index is 2.57. The lowest BCUT2D eigenvalue weighted by atomic mass is 10.5. The van der Waals surface area contributed by atoms with Gasteiger partial charge < -0.3 is 14.9 Å². The highest BCUT2D eigenvalue weighted by molar-refractivity contribution is 7.98. The maximum atomic E-state index is 9.50. The highest BCUT2D eigenvalue weighted by atomic mass is 32.1. The zero-order valence-electron chi connectivity index (χ0n) is 8.84. The van der Waals surface area contributed by atoms with Crippen LogP contribution in [-0.4, -0.2) is 37.9 Å². The highest BCUT2D eigenvalue weighted by Gasteiger charge is 2.04. The summed E-state index contributed by atoms with van der Waals surface area (Å²) in [6.45, 7) is 2.62. The molecule has 0 unspecified atom stereocenters. The molecule has 0 amide bonds. The second kappa shape index (κ2) is 5.89. The second-order valence-corrected chi connectivity index (χ2v) is 4.49. The number of hydrogen-bond donors (Lipinski definition) is 3. The van der Waals surface area contributed by atoms with E-state index in [1.54, 1.807) is 20.1 Å². The van der Waals surface area contributed by atoms with Crippen molar-refractivity contribution in [1.82, 2.24) is 9.78 Å². The van der Waals surface area contributed by atoms with Crippen LogP contribution in [0.1, 0.15) is 12.6 Å². The van der Waals surface area contributed by atoms with Crippen LogP contribution < -0.4 is 0 Å². The minimum atomic E-state index is 0.132. The van der Waals surface area contributed by atoms with E-state index in [0.717, 1.165) is 17.1 Å². The molecule has 0 aliphatic heterocycles. The lowest BCUT2D eigenvalue weighted by molar-refractivity contribution is 0.180. The van der Waals surface area contributed by atoms with Crippen LogP contribution in [0.25, 0.3) is 0 Å². The fourth-order valence-corrected chi connectivity index (χ4v) is 1.76. The minimum absolute atomic E-state index is 0.132. The predicted octanol–water partition coefficient (Wildman–Crippen LogP) is 0.908. The normalized spacial score (nSPS) is 12.6. The quantitative estimate of drug-likeness (QED) is 0.521. The van der Waals surface area contributed by atoms with Crippen molar-refractivity contribution in [3.8, 4) is 5.88 Å². The maximum Gasteiger partial charge on any atom is 0.209 e. The smallest absolute Gasteiger partial charge is 0.209 e. The Kier molecular flexibility index (Phi) is 4.80. The van der Waals surface area contributed by atoms with Crippen molar-refractivity contribution in [3.63, 3.8) is 0 Å². The summed E-state index contributed by atoms with van der Waals surface area (Å²) in [6, 6.07) is 1.58. The molecule has 15 heavy (non-hydrogen) atoms. The molecule has 1 aromatic heterocycles. The van der Waals surface area contributed by atoms with Gasteiger partial charge in [0.05, 0.1) is 23.9 Å². The summed E-state index contributed by atoms with van der Waals surface area (Å²) in [6.07, 6.45) is 0. The fourth-order valence-electron chi connectivity index (χ4n) is 1.15. The van der Waals surface area contributed by atoms with Gasteiger partial charge in [-0.25, -0.2) is 4.68 Å². The zero-order valence-corrected chi connectivity index (χ0v) is 9.74. The first-order valence-corrected chi connectivity index (χ1v) is 5.66. The van der Waals surface area contributed by atoms with Crippen molar-refractivity contribution in [3.05, 3.63) is 11.8 Å². The first-order valence-electron chi connectivity index (χ1n) is 4.58. The molecule has 86 valence electrons. The van der Waals surface area contributed by atoms with Gasteiger partial charge in [0.1, 0.15) is 0 Å². The highest BCUT2D eigenvalue weighted by Crippen LogP contribution is 2.12. The molecule has 0 fully saturated rings. The molecule has 0 bridgehead atoms. The maximum absolute atomic E-state index is 9.50. The molecule has 0 radical (unpaired) electrons. The molecule has 0 aliphatic rings. The number of aromatic hydroxyl groups is 1. The van der Waals surface area contributed by atoms with Crippen LogP contribution in [0.15, 0.2) is 6.07 Å². The second-order valence-electron chi connectivity index (χ2n) is 3.08. The van der Waals surface area contributed by atoms with Crippen LogP contribution in [0.5, 0.6) is 5.88 Å². The van der Waals surface area contributed by atoms with Crippen molar-refractivity contribution in [1.29, 1.82) is 0 Å². The van der Waals surface area contributed by atoms with E-state index in [1.807, 2.05) is 0 Å². The Morgan fingerprint density at radius 2 is 2.40 bits per heavy atom. The largest absolute Gasteiger partial charge is 0.493 e. The van der Waals surface area contributed by atoms with E-state index < -0.39 is 0 Å². The van der Waals surface area contributed by atoms with Crippen molar-refractivity contribution in [2.45, 2.75) is 20.1 Å². The van der Waals surface area contributed by atoms with Gasteiger partial charge in [0.15, 0.2) is 0 Å². The Bertz CT molecular complexity index is 345. The molecular formula is C9H16N2O3S. The van der Waals surface area contributed by atoms with E-state index in [4.69, 9.17) is 9.84 Å². The van der Waals surface area contributed by atoms with Gasteiger partial charge in [-0.3, -0.25) is 0 Å². The van der Waals surface area contributed by atoms with Gasteiger partial charge in [-0.2, -0.15) is 16.4 Å². The summed E-state index contributed by atoms with van der Waals surface area (Å²) in [7, 11) is 1.58. The number of rotatable bonds is 5. The molecule has 1 rings (SSSR count). The molecule has 0 spiro atoms. The monoisotopic (exact) mass is 232 g/mol. The van der Waals surface area contributed by atoms with Gasteiger partial charge in [0.2, 0.25) is 5.88 Å². The van der Waals surface area contributed by atoms with E-state index >= 15 is 0 Å². The first-order chi connectivity index (χ1) is 7.13. The number of nitrogens with zero attached hydrogens (tertiary/aromatic N) is 2. The number of aryl methyl sites for hydroxylation is 1. The lowest BCUT2D eigenvalue weighted by Gasteiger charge is -2.00. The third-order valence-electron chi connectivity index (χ3n) is 1.75. The van der Waals surface area contributed by atoms with E-state index in [1.165, 1.54) is 4.68 Å². The van der Waals surface area contributed by atoms with Crippen molar-refractivity contribution < 1.29 is 14.9 Å². The van der Waals surface area contributed by atoms with Crippen LogP contribution in [-0.2, 0) is 17.9 Å². The summed E-state index contributed by atoms with van der Waals surface area (Å²) in [5.74, 6) is 0.858. The summed E-state index contributed by atoms with van der Waals surface area (Å²) < 4.78 is 6.41. The summed E-state index contributed by atoms with van der Waals surface area (Å²) in [4.78, 5) is 0. The Hall–Kier alpha value is -0.850. The number of methoxy groups -OCH3 is 1. The first kappa shape index (κ1) is 12.2. The van der Waals surface area contributed by atoms with E-state index in [0.29, 0.717) is 23.9 Å². The molecular weight excluding hydrogens is 216 g/mol. The minimum Gasteiger partial charge on any atom is -0.493 e. The molecule has 1 heterocycles. The molecule has 2 N–H and O–H groups in total. The fraction of sp³-hybridized carbons (Fsp3) is 0.556. The predicted molar refractivity (Wildman–Crippen MR) is 61.8 cm³/mol. The molecule has 0 aliphatic carbocycles. The number of hydrogen-bond acceptors (Lipinski definition) is 3. The summed E-state index contributed by atoms with van der Waals surface area (Å²) in [5.41, 5.74) is 0.705. The van der Waals surface area contributed by atoms with Gasteiger partial charge in [0, 0.05) is 18.9 Å². The van der Waals surface area contributed by atoms with E-state index in [9.17, 15) is 5.11 Å². The SMILES string of the molecule is COCc1cc(O)n(CC[SH]=C(C)O)n1. The summed E-state index contributed by atoms with van der Waals surface area (Å²) in [5, 5.41) is 23.0. The molecule has 1 aromatic rings. The van der Waals surface area contributed by atoms with Crippen LogP contribution >= 0.6 is 11.4 Å². The Morgan fingerprint density at radius 1 is 1.67 bits per heavy atom. The van der Waals surface area contributed by atoms with Crippen molar-refractivity contribution in [2.75, 3.05) is 12.9 Å². The van der Waals surface area contributed by atoms with Crippen LogP contribution in [0.3, 0.4) is 0 Å². The summed E-state index contributed by atoms with van der Waals surface area (Å²) >= 11 is 0.858. The van der Waals surface area contributed by atoms with Gasteiger partial charge in [0.25, 0.3) is 0 Å². The standard InChI is InChI=1S/C9H16N2O3S/c1-7(12)15-4-3-11-9(13)5-8(10-11)6-14-2/h5,12-13,15H,3-4,6H2,1-2H3. The van der Waals surface area contributed by atoms with Crippen LogP contribution in [0, 0.1) is 0 Å². The van der Waals surface area contributed by atoms with Crippen molar-refractivity contribution >= 4 is 16.4 Å². The molecule has 0 saturated heterocycles. The third kappa shape index (κ3) is 4.03. The van der Waals surface area contributed by atoms with Crippen LogP contribution in [0.2, 0.25) is 0 Å². The van der Waals surface area contributed by atoms with E-state index in [2.05, 4.69) is 5.10 Å². The van der Waals surface area contributed by atoms with Gasteiger partial charge in [-0.1, -0.05) is 0 Å². The Labute approximate surface area is 92.3 Å². The topological polar surface area (TPSA) is 67.5 Å². The number of ether oxygens (including phenoxy) is 1. The lowest BCUT2D eigenvalue weighted by Crippen LogP contribution is -2.03. The van der Waals surface area contributed by atoms with Gasteiger partial charge >= 0.3 is 0 Å². The molecule has 0 aromatic carbocycles. The third-order valence-corrected chi connectivity index (χ3v) is 2.64. The zero-order chi connectivity index (χ0) is 11.3. The Morgan fingerprint density at radius 3 is 3.00 bits per heavy atom. The number of aliphatic hydroxyl groups excluding tert-OH is 1. The number of aliphatic hydroxyl groups is 1. The number of thiol groups is 1. The van der Waals surface area contributed by atoms with Crippen molar-refractivity contribution in [2.24, 2.45) is 0 Å². The van der Waals surface area contributed by atoms with Crippen LogP contribution in [0.4, 0.5) is 0 Å². The molecule has 6 heteroatoms. The van der Waals surface area contributed by atoms with E-state index in [-0.39, 0.29) is 5.88 Å². The van der Waals surface area contributed by atoms with Gasteiger partial charge in [-0.05, 0) is 6.92 Å². The molecule has 5 nitrogen and oxygen atoms in total. The number of aromatic nitrogens is 2. The average Bonchev–Trinajstić information content (AvgIpc) is 2.47. The average molecular weight is 232 g/mol. The van der Waals surface area contributed by atoms with Gasteiger partial charge in [-0.15, -0.1) is 0 Å². The molecule has 0 atom stereocenters. The molecule has 0 saturated carbocycles.